The molecule has 0 saturated heterocycles. The largest absolute Gasteiger partial charge is 0.305 e. The second-order valence-electron chi connectivity index (χ2n) is 5.25. The van der Waals surface area contributed by atoms with E-state index in [0.29, 0.717) is 0 Å². The van der Waals surface area contributed by atoms with Crippen molar-refractivity contribution in [1.82, 2.24) is 15.1 Å². The fraction of sp³-hybridized carbons (Fsp3) is 0.438. The molecule has 0 aliphatic carbocycles. The topological polar surface area (TPSA) is 29.9 Å². The van der Waals surface area contributed by atoms with Crippen molar-refractivity contribution in [2.75, 3.05) is 6.54 Å². The minimum Gasteiger partial charge on any atom is -0.305 e. The van der Waals surface area contributed by atoms with E-state index in [4.69, 9.17) is 0 Å². The van der Waals surface area contributed by atoms with E-state index in [0.717, 1.165) is 17.4 Å². The average molecular weight is 336 g/mol. The zero-order chi connectivity index (χ0) is 14.7. The molecule has 20 heavy (non-hydrogen) atoms. The summed E-state index contributed by atoms with van der Waals surface area (Å²) in [5.74, 6) is 0. The first-order valence-electron chi connectivity index (χ1n) is 7.02. The maximum Gasteiger partial charge on any atom is 0.0762 e. The van der Waals surface area contributed by atoms with Gasteiger partial charge < -0.3 is 5.32 Å². The minimum absolute atomic E-state index is 0.164. The van der Waals surface area contributed by atoms with Gasteiger partial charge in [-0.2, -0.15) is 5.10 Å². The Bertz CT molecular complexity index is 570. The molecule has 1 N–H and O–H groups in total. The summed E-state index contributed by atoms with van der Waals surface area (Å²) in [7, 11) is 1.99. The van der Waals surface area contributed by atoms with E-state index < -0.39 is 0 Å². The highest BCUT2D eigenvalue weighted by Gasteiger charge is 2.21. The van der Waals surface area contributed by atoms with Gasteiger partial charge in [0, 0.05) is 7.05 Å². The van der Waals surface area contributed by atoms with Crippen LogP contribution in [0.5, 0.6) is 0 Å². The summed E-state index contributed by atoms with van der Waals surface area (Å²) in [6.45, 7) is 7.47. The number of rotatable bonds is 5. The molecule has 0 radical (unpaired) electrons. The molecule has 0 saturated carbocycles. The van der Waals surface area contributed by atoms with E-state index >= 15 is 0 Å². The van der Waals surface area contributed by atoms with Crippen molar-refractivity contribution in [1.29, 1.82) is 0 Å². The maximum absolute atomic E-state index is 4.35. The Balaban J connectivity index is 2.47. The molecule has 0 spiro atoms. The third-order valence-corrected chi connectivity index (χ3v) is 4.16. The van der Waals surface area contributed by atoms with Crippen molar-refractivity contribution >= 4 is 15.9 Å². The molecular formula is C16H22BrN3. The molecule has 0 aliphatic heterocycles. The number of hydrogen-bond acceptors (Lipinski definition) is 2. The average Bonchev–Trinajstić information content (AvgIpc) is 2.72. The predicted octanol–water partition coefficient (Wildman–Crippen LogP) is 3.89. The van der Waals surface area contributed by atoms with Crippen LogP contribution >= 0.6 is 15.9 Å². The van der Waals surface area contributed by atoms with Crippen LogP contribution < -0.4 is 5.32 Å². The van der Waals surface area contributed by atoms with Crippen molar-refractivity contribution < 1.29 is 0 Å². The van der Waals surface area contributed by atoms with Gasteiger partial charge in [0.1, 0.15) is 0 Å². The van der Waals surface area contributed by atoms with E-state index in [2.05, 4.69) is 65.3 Å². The first-order chi connectivity index (χ1) is 9.54. The van der Waals surface area contributed by atoms with Crippen LogP contribution in [0.1, 0.15) is 41.8 Å². The van der Waals surface area contributed by atoms with Gasteiger partial charge >= 0.3 is 0 Å². The van der Waals surface area contributed by atoms with Crippen LogP contribution in [0.4, 0.5) is 0 Å². The Labute approximate surface area is 129 Å². The van der Waals surface area contributed by atoms with Crippen molar-refractivity contribution in [2.24, 2.45) is 7.05 Å². The second-order valence-corrected chi connectivity index (χ2v) is 6.10. The van der Waals surface area contributed by atoms with Gasteiger partial charge in [0.05, 0.1) is 22.4 Å². The van der Waals surface area contributed by atoms with Gasteiger partial charge in [-0.25, -0.2) is 0 Å². The van der Waals surface area contributed by atoms with Gasteiger partial charge in [-0.15, -0.1) is 0 Å². The van der Waals surface area contributed by atoms with Crippen LogP contribution in [0.25, 0.3) is 0 Å². The lowest BCUT2D eigenvalue weighted by atomic mass is 9.97. The standard InChI is InChI=1S/C16H22BrN3/c1-5-8-18-15(16-14(17)10-19-20(16)4)13-7-6-11(2)9-12(13)3/h6-7,9-10,15,18H,5,8H2,1-4H3. The molecule has 0 aliphatic rings. The molecule has 4 heteroatoms. The molecule has 1 aromatic heterocycles. The van der Waals surface area contributed by atoms with Crippen molar-refractivity contribution in [2.45, 2.75) is 33.2 Å². The van der Waals surface area contributed by atoms with Crippen LogP contribution in [0.15, 0.2) is 28.9 Å². The van der Waals surface area contributed by atoms with Gasteiger partial charge in [0.2, 0.25) is 0 Å². The second kappa shape index (κ2) is 6.55. The number of aryl methyl sites for hydroxylation is 3. The first-order valence-corrected chi connectivity index (χ1v) is 7.81. The highest BCUT2D eigenvalue weighted by molar-refractivity contribution is 9.10. The fourth-order valence-corrected chi connectivity index (χ4v) is 3.11. The number of hydrogen-bond donors (Lipinski definition) is 1. The summed E-state index contributed by atoms with van der Waals surface area (Å²) in [4.78, 5) is 0. The van der Waals surface area contributed by atoms with Gasteiger partial charge in [-0.05, 0) is 53.9 Å². The molecular weight excluding hydrogens is 314 g/mol. The molecule has 108 valence electrons. The summed E-state index contributed by atoms with van der Waals surface area (Å²) < 4.78 is 2.99. The number of halogens is 1. The number of nitrogens with zero attached hydrogens (tertiary/aromatic N) is 2. The molecule has 3 nitrogen and oxygen atoms in total. The third-order valence-electron chi connectivity index (χ3n) is 3.55. The van der Waals surface area contributed by atoms with E-state index in [9.17, 15) is 0 Å². The van der Waals surface area contributed by atoms with Crippen LogP contribution in [-0.4, -0.2) is 16.3 Å². The number of nitrogens with one attached hydrogen (secondary N) is 1. The Kier molecular flexibility index (Phi) is 5.00. The molecule has 1 atom stereocenters. The third kappa shape index (κ3) is 3.13. The molecule has 1 heterocycles. The summed E-state index contributed by atoms with van der Waals surface area (Å²) in [6, 6.07) is 6.79. The zero-order valence-electron chi connectivity index (χ0n) is 12.6. The minimum atomic E-state index is 0.164. The van der Waals surface area contributed by atoms with E-state index in [-0.39, 0.29) is 6.04 Å². The molecule has 0 amide bonds. The smallest absolute Gasteiger partial charge is 0.0762 e. The molecule has 1 aromatic carbocycles. The molecule has 0 bridgehead atoms. The number of benzene rings is 1. The van der Waals surface area contributed by atoms with Crippen LogP contribution in [0.3, 0.4) is 0 Å². The highest BCUT2D eigenvalue weighted by atomic mass is 79.9. The summed E-state index contributed by atoms with van der Waals surface area (Å²) in [6.07, 6.45) is 2.97. The SMILES string of the molecule is CCCNC(c1ccc(C)cc1C)c1c(Br)cnn1C. The first kappa shape index (κ1) is 15.3. The maximum atomic E-state index is 4.35. The monoisotopic (exact) mass is 335 g/mol. The molecule has 0 fully saturated rings. The van der Waals surface area contributed by atoms with Gasteiger partial charge in [-0.3, -0.25) is 4.68 Å². The molecule has 1 unspecified atom stereocenters. The van der Waals surface area contributed by atoms with Crippen LogP contribution in [0.2, 0.25) is 0 Å². The van der Waals surface area contributed by atoms with E-state index in [1.54, 1.807) is 0 Å². The lowest BCUT2D eigenvalue weighted by Gasteiger charge is -2.22. The molecule has 2 aromatic rings. The fourth-order valence-electron chi connectivity index (χ4n) is 2.54. The Morgan fingerprint density at radius 3 is 2.65 bits per heavy atom. The van der Waals surface area contributed by atoms with E-state index in [1.807, 2.05) is 17.9 Å². The summed E-state index contributed by atoms with van der Waals surface area (Å²) >= 11 is 3.62. The normalized spacial score (nSPS) is 12.7. The van der Waals surface area contributed by atoms with Crippen LogP contribution in [0, 0.1) is 13.8 Å². The van der Waals surface area contributed by atoms with Gasteiger partial charge in [0.15, 0.2) is 0 Å². The predicted molar refractivity (Wildman–Crippen MR) is 87.0 cm³/mol. The number of aromatic nitrogens is 2. The Morgan fingerprint density at radius 2 is 2.10 bits per heavy atom. The highest BCUT2D eigenvalue weighted by Crippen LogP contribution is 2.30. The molecule has 2 rings (SSSR count). The summed E-state index contributed by atoms with van der Waals surface area (Å²) in [5, 5.41) is 7.99. The summed E-state index contributed by atoms with van der Waals surface area (Å²) in [5.41, 5.74) is 5.09. The van der Waals surface area contributed by atoms with Crippen molar-refractivity contribution in [3.05, 3.63) is 51.3 Å². The quantitative estimate of drug-likeness (QED) is 0.898. The van der Waals surface area contributed by atoms with Gasteiger partial charge in [-0.1, -0.05) is 30.7 Å². The van der Waals surface area contributed by atoms with E-state index in [1.165, 1.54) is 22.4 Å². The lowest BCUT2D eigenvalue weighted by Crippen LogP contribution is -2.26. The van der Waals surface area contributed by atoms with Crippen molar-refractivity contribution in [3.8, 4) is 0 Å². The Morgan fingerprint density at radius 1 is 1.35 bits per heavy atom. The van der Waals surface area contributed by atoms with Crippen LogP contribution in [-0.2, 0) is 7.05 Å². The van der Waals surface area contributed by atoms with Crippen molar-refractivity contribution in [3.63, 3.8) is 0 Å². The lowest BCUT2D eigenvalue weighted by molar-refractivity contribution is 0.550. The Hall–Kier alpha value is -1.13. The van der Waals surface area contributed by atoms with Gasteiger partial charge in [0.25, 0.3) is 0 Å². The zero-order valence-corrected chi connectivity index (χ0v) is 14.2.